The molecule has 0 heterocycles. The van der Waals surface area contributed by atoms with Crippen LogP contribution in [0.25, 0.3) is 0 Å². The van der Waals surface area contributed by atoms with E-state index in [1.807, 2.05) is 0 Å². The number of alkyl halides is 7. The molecule has 0 aromatic rings. The molecule has 0 atom stereocenters. The van der Waals surface area contributed by atoms with Gasteiger partial charge in [-0.25, -0.2) is 0 Å². The van der Waals surface area contributed by atoms with Gasteiger partial charge in [-0.1, -0.05) is 0 Å². The van der Waals surface area contributed by atoms with E-state index in [1.54, 1.807) is 0 Å². The molecule has 0 bridgehead atoms. The third-order valence-corrected chi connectivity index (χ3v) is 1.47. The normalized spacial score (nSPS) is 15.6. The number of hydrogen-bond acceptors (Lipinski definition) is 1. The molecule has 0 spiro atoms. The van der Waals surface area contributed by atoms with Gasteiger partial charge in [0, 0.05) is 0 Å². The molecule has 0 aliphatic carbocycles. The van der Waals surface area contributed by atoms with Crippen LogP contribution in [0.5, 0.6) is 0 Å². The van der Waals surface area contributed by atoms with Gasteiger partial charge < -0.3 is 4.74 Å². The van der Waals surface area contributed by atoms with E-state index < -0.39 is 36.5 Å². The molecule has 0 aliphatic rings. The van der Waals surface area contributed by atoms with Crippen molar-refractivity contribution in [2.45, 2.75) is 24.9 Å². The van der Waals surface area contributed by atoms with Gasteiger partial charge in [0.25, 0.3) is 0 Å². The zero-order valence-electron chi connectivity index (χ0n) is 8.02. The van der Waals surface area contributed by atoms with E-state index in [9.17, 15) is 39.5 Å². The standard InChI is InChI=1S/C7H5F9O/c1-2-17-4(9)3(8)5(10,11)6(12,13)7(14,15)16/h2H2,1H3. The van der Waals surface area contributed by atoms with Gasteiger partial charge in [-0.2, -0.15) is 39.5 Å². The average molecular weight is 276 g/mol. The second-order valence-electron chi connectivity index (χ2n) is 2.67. The van der Waals surface area contributed by atoms with E-state index in [2.05, 4.69) is 4.74 Å². The highest BCUT2D eigenvalue weighted by molar-refractivity contribution is 5.13. The first-order valence-corrected chi connectivity index (χ1v) is 3.90. The Morgan fingerprint density at radius 3 is 1.65 bits per heavy atom. The van der Waals surface area contributed by atoms with E-state index in [4.69, 9.17) is 0 Å². The lowest BCUT2D eigenvalue weighted by Crippen LogP contribution is -2.52. The van der Waals surface area contributed by atoms with Crippen molar-refractivity contribution in [3.63, 3.8) is 0 Å². The number of hydrogen-bond donors (Lipinski definition) is 0. The maximum atomic E-state index is 12.4. The number of rotatable bonds is 4. The van der Waals surface area contributed by atoms with Crippen LogP contribution < -0.4 is 0 Å². The van der Waals surface area contributed by atoms with Crippen molar-refractivity contribution in [3.05, 3.63) is 11.8 Å². The van der Waals surface area contributed by atoms with Crippen molar-refractivity contribution >= 4 is 0 Å². The quantitative estimate of drug-likeness (QED) is 0.557. The third kappa shape index (κ3) is 2.78. The Morgan fingerprint density at radius 1 is 0.941 bits per heavy atom. The van der Waals surface area contributed by atoms with Crippen LogP contribution >= 0.6 is 0 Å². The molecule has 0 amide bonds. The van der Waals surface area contributed by atoms with Crippen LogP contribution in [-0.4, -0.2) is 24.6 Å². The van der Waals surface area contributed by atoms with E-state index >= 15 is 0 Å². The van der Waals surface area contributed by atoms with E-state index in [0.29, 0.717) is 0 Å². The summed E-state index contributed by atoms with van der Waals surface area (Å²) < 4.78 is 112. The van der Waals surface area contributed by atoms with Crippen molar-refractivity contribution in [1.82, 2.24) is 0 Å². The molecule has 0 aliphatic heterocycles. The molecule has 0 fully saturated rings. The van der Waals surface area contributed by atoms with Gasteiger partial charge in [0.1, 0.15) is 0 Å². The SMILES string of the molecule is CCOC(F)=C(F)C(F)(F)C(F)(F)C(F)(F)F. The molecule has 0 N–H and O–H groups in total. The number of ether oxygens (including phenoxy) is 1. The Labute approximate surface area is 88.8 Å². The third-order valence-electron chi connectivity index (χ3n) is 1.47. The molecule has 10 heteroatoms. The second-order valence-corrected chi connectivity index (χ2v) is 2.67. The van der Waals surface area contributed by atoms with Crippen LogP contribution in [0.15, 0.2) is 11.8 Å². The molecular formula is C7H5F9O. The highest BCUT2D eigenvalue weighted by Gasteiger charge is 2.75. The van der Waals surface area contributed by atoms with Gasteiger partial charge in [-0.3, -0.25) is 0 Å². The van der Waals surface area contributed by atoms with E-state index in [1.165, 1.54) is 0 Å². The van der Waals surface area contributed by atoms with Crippen LogP contribution in [0.3, 0.4) is 0 Å². The number of halogens is 9. The maximum Gasteiger partial charge on any atom is 0.460 e. The first-order chi connectivity index (χ1) is 7.39. The molecule has 0 saturated heterocycles. The van der Waals surface area contributed by atoms with Gasteiger partial charge in [-0.05, 0) is 6.92 Å². The van der Waals surface area contributed by atoms with Gasteiger partial charge in [-0.15, -0.1) is 0 Å². The smallest absolute Gasteiger partial charge is 0.460 e. The minimum Gasteiger partial charge on any atom is -0.469 e. The first-order valence-electron chi connectivity index (χ1n) is 3.90. The summed E-state index contributed by atoms with van der Waals surface area (Å²) in [5.74, 6) is -16.7. The Morgan fingerprint density at radius 2 is 1.35 bits per heavy atom. The molecule has 0 aromatic heterocycles. The van der Waals surface area contributed by atoms with Gasteiger partial charge in [0.2, 0.25) is 5.83 Å². The minimum atomic E-state index is -6.75. The summed E-state index contributed by atoms with van der Waals surface area (Å²) in [6.07, 6.45) is -6.74. The summed E-state index contributed by atoms with van der Waals surface area (Å²) in [6, 6.07) is -2.82. The molecule has 102 valence electrons. The second kappa shape index (κ2) is 4.65. The summed E-state index contributed by atoms with van der Waals surface area (Å²) in [7, 11) is 0. The number of allylic oxidation sites excluding steroid dienone is 1. The van der Waals surface area contributed by atoms with Crippen molar-refractivity contribution < 1.29 is 44.3 Å². The molecule has 0 unspecified atom stereocenters. The Balaban J connectivity index is 5.49. The molecule has 1 nitrogen and oxygen atoms in total. The largest absolute Gasteiger partial charge is 0.469 e. The molecule has 0 aromatic carbocycles. The topological polar surface area (TPSA) is 9.23 Å². The van der Waals surface area contributed by atoms with Crippen molar-refractivity contribution in [3.8, 4) is 0 Å². The lowest BCUT2D eigenvalue weighted by molar-refractivity contribution is -0.348. The molecule has 0 radical (unpaired) electrons. The lowest BCUT2D eigenvalue weighted by Gasteiger charge is -2.26. The summed E-state index contributed by atoms with van der Waals surface area (Å²) in [5, 5.41) is 0. The summed E-state index contributed by atoms with van der Waals surface area (Å²) in [5.41, 5.74) is 0. The molecular weight excluding hydrogens is 271 g/mol. The summed E-state index contributed by atoms with van der Waals surface area (Å²) in [4.78, 5) is 0. The first kappa shape index (κ1) is 15.9. The zero-order valence-corrected chi connectivity index (χ0v) is 8.02. The van der Waals surface area contributed by atoms with Gasteiger partial charge in [0.05, 0.1) is 6.61 Å². The monoisotopic (exact) mass is 276 g/mol. The van der Waals surface area contributed by atoms with Crippen molar-refractivity contribution in [2.24, 2.45) is 0 Å². The molecule has 0 rings (SSSR count). The fraction of sp³-hybridized carbons (Fsp3) is 0.714. The van der Waals surface area contributed by atoms with Gasteiger partial charge in [0.15, 0.2) is 0 Å². The average Bonchev–Trinajstić information content (AvgIpc) is 2.14. The predicted molar refractivity (Wildman–Crippen MR) is 36.8 cm³/mol. The maximum absolute atomic E-state index is 12.4. The minimum absolute atomic E-state index is 0.729. The highest BCUT2D eigenvalue weighted by atomic mass is 19.4. The van der Waals surface area contributed by atoms with Crippen LogP contribution in [0.1, 0.15) is 6.92 Å². The fourth-order valence-corrected chi connectivity index (χ4v) is 0.629. The van der Waals surface area contributed by atoms with Crippen LogP contribution in [-0.2, 0) is 4.74 Å². The fourth-order valence-electron chi connectivity index (χ4n) is 0.629. The van der Waals surface area contributed by atoms with Crippen LogP contribution in [0.2, 0.25) is 0 Å². The zero-order chi connectivity index (χ0) is 14.1. The summed E-state index contributed by atoms with van der Waals surface area (Å²) >= 11 is 0. The van der Waals surface area contributed by atoms with Crippen LogP contribution in [0, 0.1) is 0 Å². The Hall–Kier alpha value is -1.09. The Kier molecular flexibility index (Phi) is 4.35. The highest BCUT2D eigenvalue weighted by Crippen LogP contribution is 2.50. The van der Waals surface area contributed by atoms with E-state index in [0.717, 1.165) is 6.92 Å². The van der Waals surface area contributed by atoms with Crippen molar-refractivity contribution in [2.75, 3.05) is 6.61 Å². The Bertz CT molecular complexity index is 303. The van der Waals surface area contributed by atoms with Gasteiger partial charge >= 0.3 is 24.0 Å². The predicted octanol–water partition coefficient (Wildman–Crippen LogP) is 3.96. The summed E-state index contributed by atoms with van der Waals surface area (Å²) in [6.45, 7) is 0.250. The molecule has 17 heavy (non-hydrogen) atoms. The van der Waals surface area contributed by atoms with Crippen molar-refractivity contribution in [1.29, 1.82) is 0 Å². The van der Waals surface area contributed by atoms with Crippen LogP contribution in [0.4, 0.5) is 39.5 Å². The van der Waals surface area contributed by atoms with E-state index in [-0.39, 0.29) is 0 Å². The molecule has 0 saturated carbocycles. The lowest BCUT2D eigenvalue weighted by atomic mass is 10.1.